The smallest absolute Gasteiger partial charge is 0.407 e. The number of benzene rings is 3. The van der Waals surface area contributed by atoms with E-state index in [9.17, 15) is 19.5 Å². The molecule has 3 aromatic carbocycles. The minimum atomic E-state index is -1.10. The molecular weight excluding hydrogens is 512 g/mol. The second-order valence-electron chi connectivity index (χ2n) is 8.05. The maximum absolute atomic E-state index is 12.2. The number of carbonyl (C=O) groups excluding carboxylic acids is 2. The van der Waals surface area contributed by atoms with E-state index >= 15 is 0 Å². The van der Waals surface area contributed by atoms with E-state index in [0.29, 0.717) is 15.7 Å². The lowest BCUT2D eigenvalue weighted by molar-refractivity contribution is -0.111. The van der Waals surface area contributed by atoms with Gasteiger partial charge in [-0.3, -0.25) is 4.79 Å². The second-order valence-corrected chi connectivity index (χ2v) is 8.90. The van der Waals surface area contributed by atoms with Crippen LogP contribution in [0.1, 0.15) is 33.0 Å². The van der Waals surface area contributed by atoms with Crippen molar-refractivity contribution in [1.29, 1.82) is 0 Å². The monoisotopic (exact) mass is 534 g/mol. The van der Waals surface area contributed by atoms with Gasteiger partial charge in [0.25, 0.3) is 0 Å². The summed E-state index contributed by atoms with van der Waals surface area (Å²) in [7, 11) is 0. The van der Waals surface area contributed by atoms with E-state index in [0.717, 1.165) is 22.3 Å². The number of hydrogen-bond donors (Lipinski definition) is 3. The van der Waals surface area contributed by atoms with Crippen LogP contribution in [0, 0.1) is 6.92 Å². The van der Waals surface area contributed by atoms with Crippen LogP contribution in [0.4, 0.5) is 10.5 Å². The minimum absolute atomic E-state index is 0.0284. The first-order chi connectivity index (χ1) is 16.8. The molecule has 0 unspecified atom stereocenters. The van der Waals surface area contributed by atoms with Gasteiger partial charge in [0.1, 0.15) is 6.61 Å². The van der Waals surface area contributed by atoms with Gasteiger partial charge in [0, 0.05) is 28.7 Å². The number of carboxylic acids is 1. The van der Waals surface area contributed by atoms with Crippen molar-refractivity contribution in [2.75, 3.05) is 18.5 Å². The van der Waals surface area contributed by atoms with Crippen molar-refractivity contribution in [3.8, 4) is 11.1 Å². The summed E-state index contributed by atoms with van der Waals surface area (Å²) in [6, 6.07) is 19.2. The number of halogens is 1. The van der Waals surface area contributed by atoms with Crippen LogP contribution in [0.5, 0.6) is 0 Å². The highest BCUT2D eigenvalue weighted by molar-refractivity contribution is 9.10. The van der Waals surface area contributed by atoms with E-state index in [1.807, 2.05) is 24.3 Å². The lowest BCUT2D eigenvalue weighted by Crippen LogP contribution is -2.26. The second kappa shape index (κ2) is 10.6. The SMILES string of the molecule is Cc1cc(Br)c(C(=O)O)cc1NC(=O)/C=C/CNC(=O)OCC1c2ccccc2-c2ccccc21. The van der Waals surface area contributed by atoms with Crippen LogP contribution in [0.15, 0.2) is 77.3 Å². The Morgan fingerprint density at radius 2 is 1.66 bits per heavy atom. The summed E-state index contributed by atoms with van der Waals surface area (Å²) in [5, 5.41) is 14.5. The zero-order chi connectivity index (χ0) is 24.9. The van der Waals surface area contributed by atoms with Crippen molar-refractivity contribution >= 4 is 39.6 Å². The third-order valence-corrected chi connectivity index (χ3v) is 6.44. The van der Waals surface area contributed by atoms with Gasteiger partial charge in [-0.05, 0) is 62.8 Å². The molecule has 3 N–H and O–H groups in total. The highest BCUT2D eigenvalue weighted by Crippen LogP contribution is 2.44. The highest BCUT2D eigenvalue weighted by atomic mass is 79.9. The third kappa shape index (κ3) is 5.44. The van der Waals surface area contributed by atoms with Crippen molar-refractivity contribution in [3.63, 3.8) is 0 Å². The van der Waals surface area contributed by atoms with Gasteiger partial charge < -0.3 is 20.5 Å². The number of aromatic carboxylic acids is 1. The van der Waals surface area contributed by atoms with E-state index in [2.05, 4.69) is 50.8 Å². The predicted octanol–water partition coefficient (Wildman–Crippen LogP) is 5.49. The molecule has 178 valence electrons. The molecule has 0 radical (unpaired) electrons. The molecule has 3 aromatic rings. The number of hydrogen-bond acceptors (Lipinski definition) is 4. The van der Waals surface area contributed by atoms with Gasteiger partial charge in [-0.25, -0.2) is 9.59 Å². The van der Waals surface area contributed by atoms with Gasteiger partial charge in [0.15, 0.2) is 0 Å². The molecule has 0 saturated carbocycles. The summed E-state index contributed by atoms with van der Waals surface area (Å²) in [4.78, 5) is 35.7. The molecule has 0 atom stereocenters. The number of nitrogens with one attached hydrogen (secondary N) is 2. The first-order valence-electron chi connectivity index (χ1n) is 10.9. The molecule has 1 aliphatic carbocycles. The normalized spacial score (nSPS) is 12.2. The largest absolute Gasteiger partial charge is 0.478 e. The summed E-state index contributed by atoms with van der Waals surface area (Å²) in [5.41, 5.74) is 5.72. The van der Waals surface area contributed by atoms with Crippen LogP contribution < -0.4 is 10.6 Å². The van der Waals surface area contributed by atoms with Crippen molar-refractivity contribution in [1.82, 2.24) is 5.32 Å². The Kier molecular flexibility index (Phi) is 7.31. The fraction of sp³-hybridized carbons (Fsp3) is 0.148. The van der Waals surface area contributed by atoms with Crippen molar-refractivity contribution in [3.05, 3.63) is 99.5 Å². The first kappa shape index (κ1) is 24.2. The van der Waals surface area contributed by atoms with Crippen molar-refractivity contribution < 1.29 is 24.2 Å². The lowest BCUT2D eigenvalue weighted by Gasteiger charge is -2.14. The van der Waals surface area contributed by atoms with Gasteiger partial charge in [-0.15, -0.1) is 0 Å². The Hall–Kier alpha value is -3.91. The lowest BCUT2D eigenvalue weighted by atomic mass is 9.98. The maximum atomic E-state index is 12.2. The number of rotatable bonds is 7. The molecule has 8 heteroatoms. The van der Waals surface area contributed by atoms with Crippen LogP contribution in [0.2, 0.25) is 0 Å². The number of carboxylic acid groups (broad SMARTS) is 1. The van der Waals surface area contributed by atoms with Gasteiger partial charge >= 0.3 is 12.1 Å². The Balaban J connectivity index is 1.28. The topological polar surface area (TPSA) is 105 Å². The molecule has 0 aliphatic heterocycles. The Bertz CT molecular complexity index is 1290. The van der Waals surface area contributed by atoms with Crippen molar-refractivity contribution in [2.24, 2.45) is 0 Å². The quantitative estimate of drug-likeness (QED) is 0.347. The number of alkyl carbamates (subject to hydrolysis) is 1. The van der Waals surface area contributed by atoms with Crippen LogP contribution >= 0.6 is 15.9 Å². The van der Waals surface area contributed by atoms with E-state index in [-0.39, 0.29) is 24.6 Å². The van der Waals surface area contributed by atoms with Crippen LogP contribution in [-0.2, 0) is 9.53 Å². The summed E-state index contributed by atoms with van der Waals surface area (Å²) in [6.07, 6.45) is 2.18. The molecule has 7 nitrogen and oxygen atoms in total. The highest BCUT2D eigenvalue weighted by Gasteiger charge is 2.28. The molecule has 0 heterocycles. The van der Waals surface area contributed by atoms with E-state index in [1.165, 1.54) is 18.2 Å². The van der Waals surface area contributed by atoms with Crippen molar-refractivity contribution in [2.45, 2.75) is 12.8 Å². The number of fused-ring (bicyclic) bond motifs is 3. The third-order valence-electron chi connectivity index (χ3n) is 5.78. The summed E-state index contributed by atoms with van der Waals surface area (Å²) < 4.78 is 5.89. The molecule has 0 spiro atoms. The number of aryl methyl sites for hydroxylation is 1. The Labute approximate surface area is 210 Å². The number of anilines is 1. The van der Waals surface area contributed by atoms with Crippen LogP contribution in [-0.4, -0.2) is 36.2 Å². The number of carbonyl (C=O) groups is 3. The zero-order valence-corrected chi connectivity index (χ0v) is 20.5. The fourth-order valence-corrected chi connectivity index (χ4v) is 4.73. The van der Waals surface area contributed by atoms with Crippen LogP contribution in [0.25, 0.3) is 11.1 Å². The number of ether oxygens (including phenoxy) is 1. The standard InChI is InChI=1S/C27H23BrN2O5/c1-16-13-23(28)21(26(32)33)14-24(16)30-25(31)11-6-12-29-27(34)35-15-22-19-9-4-2-7-17(19)18-8-3-5-10-20(18)22/h2-11,13-14,22H,12,15H2,1H3,(H,29,34)(H,30,31)(H,32,33)/b11-6+. The van der Waals surface area contributed by atoms with E-state index in [4.69, 9.17) is 4.74 Å². The molecule has 0 saturated heterocycles. The maximum Gasteiger partial charge on any atom is 0.407 e. The van der Waals surface area contributed by atoms with Gasteiger partial charge in [-0.2, -0.15) is 0 Å². The van der Waals surface area contributed by atoms with Crippen LogP contribution in [0.3, 0.4) is 0 Å². The average Bonchev–Trinajstić information content (AvgIpc) is 3.16. The molecule has 2 amide bonds. The molecule has 1 aliphatic rings. The Morgan fingerprint density at radius 1 is 1.03 bits per heavy atom. The Morgan fingerprint density at radius 3 is 2.29 bits per heavy atom. The molecule has 4 rings (SSSR count). The average molecular weight is 535 g/mol. The van der Waals surface area contributed by atoms with Gasteiger partial charge in [-0.1, -0.05) is 54.6 Å². The van der Waals surface area contributed by atoms with Gasteiger partial charge in [0.2, 0.25) is 5.91 Å². The summed E-state index contributed by atoms with van der Waals surface area (Å²) in [5.74, 6) is -1.57. The predicted molar refractivity (Wildman–Crippen MR) is 137 cm³/mol. The molecule has 0 fully saturated rings. The number of amides is 2. The molecule has 35 heavy (non-hydrogen) atoms. The fourth-order valence-electron chi connectivity index (χ4n) is 4.10. The first-order valence-corrected chi connectivity index (χ1v) is 11.7. The summed E-state index contributed by atoms with van der Waals surface area (Å²) >= 11 is 3.20. The van der Waals surface area contributed by atoms with E-state index < -0.39 is 18.0 Å². The van der Waals surface area contributed by atoms with Gasteiger partial charge in [0.05, 0.1) is 5.56 Å². The minimum Gasteiger partial charge on any atom is -0.478 e. The van der Waals surface area contributed by atoms with E-state index in [1.54, 1.807) is 13.0 Å². The molecular formula is C27H23BrN2O5. The molecule has 0 bridgehead atoms. The zero-order valence-electron chi connectivity index (χ0n) is 18.9. The molecule has 0 aromatic heterocycles. The summed E-state index contributed by atoms with van der Waals surface area (Å²) in [6.45, 7) is 2.07.